The van der Waals surface area contributed by atoms with Crippen LogP contribution in [0.5, 0.6) is 0 Å². The van der Waals surface area contributed by atoms with Crippen molar-refractivity contribution in [1.29, 1.82) is 0 Å². The molecule has 2 nitrogen and oxygen atoms in total. The van der Waals surface area contributed by atoms with Crippen molar-refractivity contribution < 1.29 is 0 Å². The Labute approximate surface area is 132 Å². The number of benzene rings is 1. The predicted octanol–water partition coefficient (Wildman–Crippen LogP) is 4.36. The number of likely N-dealkylation sites (N-methyl/N-ethyl adjacent to an activating group) is 1. The molecule has 0 bridgehead atoms. The second-order valence-corrected chi connectivity index (χ2v) is 7.25. The van der Waals surface area contributed by atoms with Crippen LogP contribution in [0.2, 0.25) is 0 Å². The fraction of sp³-hybridized carbons (Fsp3) is 0.647. The Bertz CT molecular complexity index is 425. The highest BCUT2D eigenvalue weighted by Gasteiger charge is 2.34. The van der Waals surface area contributed by atoms with E-state index in [1.807, 2.05) is 0 Å². The van der Waals surface area contributed by atoms with Gasteiger partial charge in [0.2, 0.25) is 0 Å². The van der Waals surface area contributed by atoms with Gasteiger partial charge in [-0.2, -0.15) is 0 Å². The van der Waals surface area contributed by atoms with E-state index in [9.17, 15) is 0 Å². The molecule has 0 radical (unpaired) electrons. The Morgan fingerprint density at radius 3 is 2.55 bits per heavy atom. The van der Waals surface area contributed by atoms with E-state index in [1.54, 1.807) is 0 Å². The summed E-state index contributed by atoms with van der Waals surface area (Å²) in [5.41, 5.74) is 1.70. The number of nitrogens with one attached hydrogen (secondary N) is 1. The van der Waals surface area contributed by atoms with Crippen LogP contribution in [0.25, 0.3) is 0 Å². The van der Waals surface area contributed by atoms with E-state index >= 15 is 0 Å². The minimum absolute atomic E-state index is 0.346. The van der Waals surface area contributed by atoms with E-state index < -0.39 is 0 Å². The zero-order chi connectivity index (χ0) is 14.6. The SMILES string of the molecule is CC(NCC1(N(C)C)CCCCC1)c1cccc(Br)c1. The van der Waals surface area contributed by atoms with Gasteiger partial charge in [-0.05, 0) is 51.6 Å². The number of hydrogen-bond acceptors (Lipinski definition) is 2. The fourth-order valence-electron chi connectivity index (χ4n) is 3.23. The molecule has 0 spiro atoms. The number of halogens is 1. The molecule has 1 atom stereocenters. The topological polar surface area (TPSA) is 15.3 Å². The van der Waals surface area contributed by atoms with Gasteiger partial charge in [-0.1, -0.05) is 47.3 Å². The largest absolute Gasteiger partial charge is 0.308 e. The summed E-state index contributed by atoms with van der Waals surface area (Å²) in [6, 6.07) is 9.00. The molecule has 1 unspecified atom stereocenters. The van der Waals surface area contributed by atoms with Gasteiger partial charge in [-0.15, -0.1) is 0 Å². The molecule has 112 valence electrons. The van der Waals surface area contributed by atoms with Gasteiger partial charge in [-0.3, -0.25) is 0 Å². The van der Waals surface area contributed by atoms with Crippen LogP contribution in [0.4, 0.5) is 0 Å². The second kappa shape index (κ2) is 7.06. The molecule has 1 aliphatic rings. The molecule has 1 aromatic rings. The summed E-state index contributed by atoms with van der Waals surface area (Å²) in [4.78, 5) is 2.44. The third-order valence-electron chi connectivity index (χ3n) is 4.82. The van der Waals surface area contributed by atoms with Crippen molar-refractivity contribution in [1.82, 2.24) is 10.2 Å². The van der Waals surface area contributed by atoms with Gasteiger partial charge in [0, 0.05) is 22.6 Å². The first kappa shape index (κ1) is 16.0. The minimum Gasteiger partial charge on any atom is -0.308 e. The zero-order valence-electron chi connectivity index (χ0n) is 13.0. The molecule has 1 aliphatic carbocycles. The molecule has 1 aromatic carbocycles. The molecular formula is C17H27BrN2. The predicted molar refractivity (Wildman–Crippen MR) is 90.1 cm³/mol. The van der Waals surface area contributed by atoms with Crippen molar-refractivity contribution in [2.45, 2.75) is 50.6 Å². The highest BCUT2D eigenvalue weighted by atomic mass is 79.9. The molecule has 0 amide bonds. The lowest BCUT2D eigenvalue weighted by atomic mass is 9.80. The van der Waals surface area contributed by atoms with Crippen LogP contribution >= 0.6 is 15.9 Å². The van der Waals surface area contributed by atoms with Crippen molar-refractivity contribution in [2.24, 2.45) is 0 Å². The molecule has 3 heteroatoms. The van der Waals surface area contributed by atoms with E-state index in [0.29, 0.717) is 11.6 Å². The Morgan fingerprint density at radius 2 is 1.95 bits per heavy atom. The van der Waals surface area contributed by atoms with Gasteiger partial charge in [0.25, 0.3) is 0 Å². The highest BCUT2D eigenvalue weighted by Crippen LogP contribution is 2.32. The zero-order valence-corrected chi connectivity index (χ0v) is 14.5. The lowest BCUT2D eigenvalue weighted by Crippen LogP contribution is -2.53. The standard InChI is InChI=1S/C17H27BrN2/c1-14(15-8-7-9-16(18)12-15)19-13-17(20(2)3)10-5-4-6-11-17/h7-9,12,14,19H,4-6,10-11,13H2,1-3H3. The average molecular weight is 339 g/mol. The third kappa shape index (κ3) is 3.84. The van der Waals surface area contributed by atoms with E-state index in [4.69, 9.17) is 0 Å². The smallest absolute Gasteiger partial charge is 0.0328 e. The van der Waals surface area contributed by atoms with Crippen molar-refractivity contribution in [2.75, 3.05) is 20.6 Å². The van der Waals surface area contributed by atoms with Crippen LogP contribution in [-0.4, -0.2) is 31.1 Å². The van der Waals surface area contributed by atoms with Crippen LogP contribution in [-0.2, 0) is 0 Å². The molecule has 0 heterocycles. The summed E-state index contributed by atoms with van der Waals surface area (Å²) in [6.45, 7) is 3.33. The van der Waals surface area contributed by atoms with Gasteiger partial charge in [0.15, 0.2) is 0 Å². The molecule has 1 fully saturated rings. The van der Waals surface area contributed by atoms with Gasteiger partial charge in [-0.25, -0.2) is 0 Å². The summed E-state index contributed by atoms with van der Waals surface area (Å²) in [7, 11) is 4.47. The first-order chi connectivity index (χ1) is 9.53. The molecule has 0 saturated heterocycles. The maximum absolute atomic E-state index is 3.76. The first-order valence-corrected chi connectivity index (χ1v) is 8.49. The maximum atomic E-state index is 3.76. The van der Waals surface area contributed by atoms with E-state index in [0.717, 1.165) is 11.0 Å². The maximum Gasteiger partial charge on any atom is 0.0328 e. The number of hydrogen-bond donors (Lipinski definition) is 1. The van der Waals surface area contributed by atoms with Crippen LogP contribution in [0.3, 0.4) is 0 Å². The Hall–Kier alpha value is -0.380. The average Bonchev–Trinajstić information content (AvgIpc) is 2.45. The van der Waals surface area contributed by atoms with Gasteiger partial charge >= 0.3 is 0 Å². The normalized spacial score (nSPS) is 20.1. The quantitative estimate of drug-likeness (QED) is 0.857. The number of nitrogens with zero attached hydrogens (tertiary/aromatic N) is 1. The fourth-order valence-corrected chi connectivity index (χ4v) is 3.65. The highest BCUT2D eigenvalue weighted by molar-refractivity contribution is 9.10. The van der Waals surface area contributed by atoms with Crippen molar-refractivity contribution in [3.8, 4) is 0 Å². The third-order valence-corrected chi connectivity index (χ3v) is 5.31. The minimum atomic E-state index is 0.346. The van der Waals surface area contributed by atoms with Crippen LogP contribution in [0.1, 0.15) is 50.6 Å². The Balaban J connectivity index is 1.98. The van der Waals surface area contributed by atoms with Gasteiger partial charge in [0.1, 0.15) is 0 Å². The lowest BCUT2D eigenvalue weighted by molar-refractivity contribution is 0.0958. The monoisotopic (exact) mass is 338 g/mol. The summed E-state index contributed by atoms with van der Waals surface area (Å²) in [5.74, 6) is 0. The van der Waals surface area contributed by atoms with Gasteiger partial charge < -0.3 is 10.2 Å². The molecule has 2 rings (SSSR count). The van der Waals surface area contributed by atoms with Crippen LogP contribution in [0.15, 0.2) is 28.7 Å². The molecule has 0 aliphatic heterocycles. The van der Waals surface area contributed by atoms with E-state index in [-0.39, 0.29) is 0 Å². The second-order valence-electron chi connectivity index (χ2n) is 6.34. The molecule has 20 heavy (non-hydrogen) atoms. The summed E-state index contributed by atoms with van der Waals surface area (Å²) < 4.78 is 1.16. The van der Waals surface area contributed by atoms with Crippen molar-refractivity contribution in [3.63, 3.8) is 0 Å². The van der Waals surface area contributed by atoms with Crippen LogP contribution in [0, 0.1) is 0 Å². The number of rotatable bonds is 5. The first-order valence-electron chi connectivity index (χ1n) is 7.70. The summed E-state index contributed by atoms with van der Waals surface area (Å²) >= 11 is 3.56. The Morgan fingerprint density at radius 1 is 1.25 bits per heavy atom. The van der Waals surface area contributed by atoms with Crippen molar-refractivity contribution >= 4 is 15.9 Å². The summed E-state index contributed by atoms with van der Waals surface area (Å²) in [5, 5.41) is 3.76. The molecular weight excluding hydrogens is 312 g/mol. The van der Waals surface area contributed by atoms with E-state index in [1.165, 1.54) is 37.7 Å². The molecule has 1 saturated carbocycles. The molecule has 0 aromatic heterocycles. The Kier molecular flexibility index (Phi) is 5.65. The molecule has 1 N–H and O–H groups in total. The van der Waals surface area contributed by atoms with E-state index in [2.05, 4.69) is 71.4 Å². The van der Waals surface area contributed by atoms with Crippen LogP contribution < -0.4 is 5.32 Å². The van der Waals surface area contributed by atoms with Gasteiger partial charge in [0.05, 0.1) is 0 Å². The lowest BCUT2D eigenvalue weighted by Gasteiger charge is -2.44. The van der Waals surface area contributed by atoms with Crippen molar-refractivity contribution in [3.05, 3.63) is 34.3 Å². The summed E-state index contributed by atoms with van der Waals surface area (Å²) in [6.07, 6.45) is 6.77.